The van der Waals surface area contributed by atoms with Crippen LogP contribution < -0.4 is 10.5 Å². The van der Waals surface area contributed by atoms with Gasteiger partial charge in [-0.15, -0.1) is 10.2 Å². The molecular weight excluding hydrogens is 307 g/mol. The fourth-order valence-corrected chi connectivity index (χ4v) is 2.57. The molecule has 0 unspecified atom stereocenters. The molecule has 22 heavy (non-hydrogen) atoms. The Labute approximate surface area is 128 Å². The summed E-state index contributed by atoms with van der Waals surface area (Å²) in [7, 11) is 0. The number of rotatable bonds is 4. The third kappa shape index (κ3) is 2.52. The van der Waals surface area contributed by atoms with E-state index in [0.717, 1.165) is 12.8 Å². The Kier molecular flexibility index (Phi) is 3.04. The van der Waals surface area contributed by atoms with E-state index in [4.69, 9.17) is 14.9 Å². The van der Waals surface area contributed by atoms with Gasteiger partial charge in [0.2, 0.25) is 5.89 Å². The molecule has 0 saturated heterocycles. The zero-order valence-corrected chi connectivity index (χ0v) is 12.1. The molecule has 6 nitrogen and oxygen atoms in total. The van der Waals surface area contributed by atoms with E-state index in [1.165, 1.54) is 23.5 Å². The average molecular weight is 318 g/mol. The zero-order valence-electron chi connectivity index (χ0n) is 11.3. The van der Waals surface area contributed by atoms with E-state index in [0.29, 0.717) is 34.3 Å². The van der Waals surface area contributed by atoms with Gasteiger partial charge in [-0.3, -0.25) is 0 Å². The summed E-state index contributed by atoms with van der Waals surface area (Å²) >= 11 is 1.27. The van der Waals surface area contributed by atoms with Gasteiger partial charge in [0.15, 0.2) is 0 Å². The summed E-state index contributed by atoms with van der Waals surface area (Å²) < 4.78 is 24.5. The van der Waals surface area contributed by atoms with Crippen molar-refractivity contribution in [3.8, 4) is 22.5 Å². The van der Waals surface area contributed by atoms with Gasteiger partial charge in [0.05, 0.1) is 5.69 Å². The predicted molar refractivity (Wildman–Crippen MR) is 78.3 cm³/mol. The van der Waals surface area contributed by atoms with Crippen LogP contribution in [0.1, 0.15) is 24.7 Å². The molecule has 2 N–H and O–H groups in total. The lowest BCUT2D eigenvalue weighted by Gasteiger charge is -2.02. The number of aromatic nitrogens is 3. The molecule has 0 amide bonds. The van der Waals surface area contributed by atoms with Crippen molar-refractivity contribution in [3.05, 3.63) is 35.3 Å². The number of nitrogens with zero attached hydrogens (tertiary/aromatic N) is 3. The fourth-order valence-electron chi connectivity index (χ4n) is 1.91. The molecule has 0 radical (unpaired) electrons. The van der Waals surface area contributed by atoms with Crippen molar-refractivity contribution in [2.75, 3.05) is 5.73 Å². The summed E-state index contributed by atoms with van der Waals surface area (Å²) in [6.45, 7) is 0. The maximum atomic E-state index is 13.4. The van der Waals surface area contributed by atoms with E-state index in [9.17, 15) is 4.39 Å². The number of hydrogen-bond acceptors (Lipinski definition) is 7. The van der Waals surface area contributed by atoms with Crippen LogP contribution in [0, 0.1) is 5.82 Å². The van der Waals surface area contributed by atoms with Crippen LogP contribution in [0.4, 0.5) is 10.1 Å². The first kappa shape index (κ1) is 13.2. The molecule has 1 aliphatic rings. The van der Waals surface area contributed by atoms with E-state index >= 15 is 0 Å². The van der Waals surface area contributed by atoms with E-state index in [-0.39, 0.29) is 5.69 Å². The summed E-state index contributed by atoms with van der Waals surface area (Å²) in [5.41, 5.74) is 6.05. The molecule has 4 rings (SSSR count). The van der Waals surface area contributed by atoms with Crippen molar-refractivity contribution >= 4 is 17.0 Å². The van der Waals surface area contributed by atoms with Crippen LogP contribution in [-0.2, 0) is 0 Å². The van der Waals surface area contributed by atoms with Crippen LogP contribution in [0.3, 0.4) is 0 Å². The Morgan fingerprint density at radius 3 is 2.95 bits per heavy atom. The van der Waals surface area contributed by atoms with E-state index in [1.807, 2.05) is 0 Å². The lowest BCUT2D eigenvalue weighted by molar-refractivity contribution is 0.471. The monoisotopic (exact) mass is 318 g/mol. The van der Waals surface area contributed by atoms with Gasteiger partial charge in [0.1, 0.15) is 17.3 Å². The first-order chi connectivity index (χ1) is 10.7. The summed E-state index contributed by atoms with van der Waals surface area (Å²) in [5, 5.41) is 10.1. The second-order valence-electron chi connectivity index (χ2n) is 5.00. The van der Waals surface area contributed by atoms with E-state index < -0.39 is 5.82 Å². The third-order valence-electron chi connectivity index (χ3n) is 3.25. The Balaban J connectivity index is 1.53. The van der Waals surface area contributed by atoms with Gasteiger partial charge in [-0.2, -0.15) is 4.98 Å². The molecule has 1 aromatic carbocycles. The minimum Gasteiger partial charge on any atom is -0.431 e. The number of thiazole rings is 1. The van der Waals surface area contributed by atoms with Crippen molar-refractivity contribution in [2.45, 2.75) is 18.8 Å². The summed E-state index contributed by atoms with van der Waals surface area (Å²) in [6.07, 6.45) is 2.19. The van der Waals surface area contributed by atoms with Crippen LogP contribution in [0.5, 0.6) is 10.9 Å². The molecule has 112 valence electrons. The van der Waals surface area contributed by atoms with Gasteiger partial charge < -0.3 is 14.9 Å². The average Bonchev–Trinajstić information content (AvgIpc) is 3.06. The number of nitrogen functional groups attached to an aromatic ring is 1. The van der Waals surface area contributed by atoms with Crippen molar-refractivity contribution in [1.82, 2.24) is 15.2 Å². The van der Waals surface area contributed by atoms with Gasteiger partial charge in [0, 0.05) is 17.4 Å². The lowest BCUT2D eigenvalue weighted by atomic mass is 10.3. The standard InChI is InChI=1S/C14H11FN4O2S/c15-9-5-8(3-4-10(9)16)20-14-17-11(6-22-14)13-19-18-12(21-13)7-1-2-7/h3-7H,1-2,16H2. The molecule has 8 heteroatoms. The fraction of sp³-hybridized carbons (Fsp3) is 0.214. The Bertz CT molecular complexity index is 828. The minimum atomic E-state index is -0.528. The Morgan fingerprint density at radius 2 is 2.18 bits per heavy atom. The van der Waals surface area contributed by atoms with E-state index in [1.54, 1.807) is 11.4 Å². The van der Waals surface area contributed by atoms with Gasteiger partial charge >= 0.3 is 0 Å². The van der Waals surface area contributed by atoms with Crippen molar-refractivity contribution in [3.63, 3.8) is 0 Å². The lowest BCUT2D eigenvalue weighted by Crippen LogP contribution is -1.91. The number of hydrogen-bond donors (Lipinski definition) is 1. The highest BCUT2D eigenvalue weighted by atomic mass is 32.1. The van der Waals surface area contributed by atoms with Crippen LogP contribution in [0.15, 0.2) is 28.0 Å². The number of halogens is 1. The highest BCUT2D eigenvalue weighted by Gasteiger charge is 2.29. The molecule has 2 aromatic heterocycles. The second-order valence-corrected chi connectivity index (χ2v) is 5.82. The largest absolute Gasteiger partial charge is 0.431 e. The third-order valence-corrected chi connectivity index (χ3v) is 3.96. The highest BCUT2D eigenvalue weighted by molar-refractivity contribution is 7.11. The SMILES string of the molecule is Nc1ccc(Oc2nc(-c3nnc(C4CC4)o3)cs2)cc1F. The summed E-state index contributed by atoms with van der Waals surface area (Å²) in [5.74, 6) is 1.23. The van der Waals surface area contributed by atoms with Crippen LogP contribution in [0.25, 0.3) is 11.6 Å². The molecule has 2 heterocycles. The normalized spacial score (nSPS) is 14.2. The maximum Gasteiger partial charge on any atom is 0.279 e. The van der Waals surface area contributed by atoms with Gasteiger partial charge in [-0.1, -0.05) is 11.3 Å². The van der Waals surface area contributed by atoms with Gasteiger partial charge in [-0.25, -0.2) is 4.39 Å². The molecule has 1 fully saturated rings. The molecule has 0 bridgehead atoms. The van der Waals surface area contributed by atoms with Crippen LogP contribution >= 0.6 is 11.3 Å². The van der Waals surface area contributed by atoms with Gasteiger partial charge in [0.25, 0.3) is 11.1 Å². The number of benzene rings is 1. The Hall–Kier alpha value is -2.48. The first-order valence-electron chi connectivity index (χ1n) is 6.71. The molecule has 3 aromatic rings. The smallest absolute Gasteiger partial charge is 0.279 e. The summed E-state index contributed by atoms with van der Waals surface area (Å²) in [6, 6.07) is 4.24. The van der Waals surface area contributed by atoms with E-state index in [2.05, 4.69) is 15.2 Å². The number of anilines is 1. The molecule has 0 atom stereocenters. The maximum absolute atomic E-state index is 13.4. The Morgan fingerprint density at radius 1 is 1.32 bits per heavy atom. The summed E-state index contributed by atoms with van der Waals surface area (Å²) in [4.78, 5) is 4.27. The molecular formula is C14H11FN4O2S. The first-order valence-corrected chi connectivity index (χ1v) is 7.59. The zero-order chi connectivity index (χ0) is 15.1. The molecule has 0 spiro atoms. The highest BCUT2D eigenvalue weighted by Crippen LogP contribution is 2.40. The molecule has 1 aliphatic carbocycles. The second kappa shape index (κ2) is 5.06. The molecule has 0 aliphatic heterocycles. The minimum absolute atomic E-state index is 0.0747. The van der Waals surface area contributed by atoms with Crippen molar-refractivity contribution in [1.29, 1.82) is 0 Å². The molecule has 1 saturated carbocycles. The number of nitrogens with two attached hydrogens (primary N) is 1. The topological polar surface area (TPSA) is 87.1 Å². The van der Waals surface area contributed by atoms with Crippen molar-refractivity contribution < 1.29 is 13.5 Å². The van der Waals surface area contributed by atoms with Crippen molar-refractivity contribution in [2.24, 2.45) is 0 Å². The number of ether oxygens (including phenoxy) is 1. The quantitative estimate of drug-likeness (QED) is 0.740. The predicted octanol–water partition coefficient (Wildman–Crippen LogP) is 3.58. The van der Waals surface area contributed by atoms with Gasteiger partial charge in [-0.05, 0) is 25.0 Å². The van der Waals surface area contributed by atoms with Crippen LogP contribution in [-0.4, -0.2) is 15.2 Å². The van der Waals surface area contributed by atoms with Crippen LogP contribution in [0.2, 0.25) is 0 Å².